The van der Waals surface area contributed by atoms with E-state index in [0.717, 1.165) is 37.1 Å². The molecule has 0 bridgehead atoms. The van der Waals surface area contributed by atoms with E-state index in [1.807, 2.05) is 24.3 Å². The SMILES string of the molecule is CC(NC(=O)C1CCc2ccccc2CC1)C(Cc1ccc(Cl)cc1)c1ccc(Cl)cc1. The van der Waals surface area contributed by atoms with Gasteiger partial charge in [-0.3, -0.25) is 4.79 Å². The van der Waals surface area contributed by atoms with Gasteiger partial charge in [-0.15, -0.1) is 0 Å². The van der Waals surface area contributed by atoms with Gasteiger partial charge in [-0.05, 0) is 85.5 Å². The second-order valence-corrected chi connectivity index (χ2v) is 9.70. The van der Waals surface area contributed by atoms with Gasteiger partial charge in [-0.2, -0.15) is 0 Å². The van der Waals surface area contributed by atoms with Crippen molar-refractivity contribution in [2.75, 3.05) is 0 Å². The van der Waals surface area contributed by atoms with E-state index in [-0.39, 0.29) is 23.8 Å². The van der Waals surface area contributed by atoms with Crippen LogP contribution in [-0.2, 0) is 24.1 Å². The zero-order chi connectivity index (χ0) is 22.5. The maximum atomic E-state index is 13.2. The standard InChI is InChI=1S/C28H29Cl2NO/c1-19(31-28(32)24-10-8-21-4-2-3-5-22(21)9-11-24)27(23-12-16-26(30)17-13-23)18-20-6-14-25(29)15-7-20/h2-7,12-17,19,24,27H,8-11,18H2,1H3,(H,31,32). The summed E-state index contributed by atoms with van der Waals surface area (Å²) in [7, 11) is 0. The predicted molar refractivity (Wildman–Crippen MR) is 134 cm³/mol. The predicted octanol–water partition coefficient (Wildman–Crippen LogP) is 7.02. The minimum absolute atomic E-state index is 0.00928. The zero-order valence-electron chi connectivity index (χ0n) is 18.4. The van der Waals surface area contributed by atoms with Crippen molar-refractivity contribution < 1.29 is 4.79 Å². The van der Waals surface area contributed by atoms with E-state index in [2.05, 4.69) is 60.8 Å². The van der Waals surface area contributed by atoms with Crippen molar-refractivity contribution >= 4 is 29.1 Å². The minimum Gasteiger partial charge on any atom is -0.353 e. The fraction of sp³-hybridized carbons (Fsp3) is 0.321. The number of rotatable bonds is 6. The molecular formula is C28H29Cl2NO. The first-order valence-electron chi connectivity index (χ1n) is 11.4. The molecule has 4 rings (SSSR count). The Bertz CT molecular complexity index is 1020. The number of carbonyl (C=O) groups excluding carboxylic acids is 1. The first-order chi connectivity index (χ1) is 15.5. The number of aryl methyl sites for hydroxylation is 2. The summed E-state index contributed by atoms with van der Waals surface area (Å²) in [6, 6.07) is 24.5. The van der Waals surface area contributed by atoms with Crippen LogP contribution < -0.4 is 5.32 Å². The number of benzene rings is 3. The summed E-state index contributed by atoms with van der Waals surface area (Å²) in [5.74, 6) is 0.354. The van der Waals surface area contributed by atoms with Gasteiger partial charge in [0.25, 0.3) is 0 Å². The lowest BCUT2D eigenvalue weighted by Crippen LogP contribution is -2.41. The number of hydrogen-bond donors (Lipinski definition) is 1. The third kappa shape index (κ3) is 5.74. The van der Waals surface area contributed by atoms with Crippen molar-refractivity contribution in [1.82, 2.24) is 5.32 Å². The van der Waals surface area contributed by atoms with Crippen LogP contribution in [0.1, 0.15) is 47.9 Å². The minimum atomic E-state index is -0.00928. The van der Waals surface area contributed by atoms with Crippen LogP contribution in [0.25, 0.3) is 0 Å². The summed E-state index contributed by atoms with van der Waals surface area (Å²) in [4.78, 5) is 13.2. The molecule has 3 aromatic rings. The van der Waals surface area contributed by atoms with Crippen LogP contribution in [0.15, 0.2) is 72.8 Å². The normalized spacial score (nSPS) is 16.0. The summed E-state index contributed by atoms with van der Waals surface area (Å²) < 4.78 is 0. The Morgan fingerprint density at radius 2 is 1.41 bits per heavy atom. The van der Waals surface area contributed by atoms with Crippen molar-refractivity contribution in [3.05, 3.63) is 105 Å². The average molecular weight is 466 g/mol. The summed E-state index contributed by atoms with van der Waals surface area (Å²) in [6.07, 6.45) is 4.55. The lowest BCUT2D eigenvalue weighted by atomic mass is 9.86. The Morgan fingerprint density at radius 3 is 1.97 bits per heavy atom. The van der Waals surface area contributed by atoms with Gasteiger partial charge in [-0.25, -0.2) is 0 Å². The van der Waals surface area contributed by atoms with E-state index in [0.29, 0.717) is 5.02 Å². The van der Waals surface area contributed by atoms with E-state index in [1.165, 1.54) is 22.3 Å². The highest BCUT2D eigenvalue weighted by molar-refractivity contribution is 6.30. The quantitative estimate of drug-likeness (QED) is 0.389. The summed E-state index contributed by atoms with van der Waals surface area (Å²) >= 11 is 12.2. The highest BCUT2D eigenvalue weighted by atomic mass is 35.5. The molecule has 0 spiro atoms. The van der Waals surface area contributed by atoms with E-state index < -0.39 is 0 Å². The van der Waals surface area contributed by atoms with Gasteiger partial charge < -0.3 is 5.32 Å². The molecule has 1 aliphatic carbocycles. The number of hydrogen-bond acceptors (Lipinski definition) is 1. The number of amides is 1. The van der Waals surface area contributed by atoms with Gasteiger partial charge in [0.15, 0.2) is 0 Å². The summed E-state index contributed by atoms with van der Waals surface area (Å²) in [6.45, 7) is 2.11. The number of halogens is 2. The Labute approximate surface area is 201 Å². The second kappa shape index (κ2) is 10.6. The van der Waals surface area contributed by atoms with E-state index in [1.54, 1.807) is 0 Å². The molecular weight excluding hydrogens is 437 g/mol. The van der Waals surface area contributed by atoms with Gasteiger partial charge in [-0.1, -0.05) is 71.7 Å². The highest BCUT2D eigenvalue weighted by Gasteiger charge is 2.27. The molecule has 2 unspecified atom stereocenters. The van der Waals surface area contributed by atoms with Gasteiger partial charge >= 0.3 is 0 Å². The van der Waals surface area contributed by atoms with E-state index in [9.17, 15) is 4.79 Å². The van der Waals surface area contributed by atoms with Crippen LogP contribution in [0.4, 0.5) is 0 Å². The molecule has 2 nitrogen and oxygen atoms in total. The maximum absolute atomic E-state index is 13.2. The van der Waals surface area contributed by atoms with E-state index in [4.69, 9.17) is 23.2 Å². The van der Waals surface area contributed by atoms with Crippen molar-refractivity contribution in [1.29, 1.82) is 0 Å². The van der Waals surface area contributed by atoms with Gasteiger partial charge in [0.1, 0.15) is 0 Å². The number of fused-ring (bicyclic) bond motifs is 1. The molecule has 1 aliphatic rings. The number of carbonyl (C=O) groups is 1. The van der Waals surface area contributed by atoms with Gasteiger partial charge in [0, 0.05) is 27.9 Å². The van der Waals surface area contributed by atoms with E-state index >= 15 is 0 Å². The largest absolute Gasteiger partial charge is 0.353 e. The molecule has 2 atom stereocenters. The molecule has 1 amide bonds. The molecule has 0 heterocycles. The Kier molecular flexibility index (Phi) is 7.55. The Hall–Kier alpha value is -2.29. The molecule has 0 fully saturated rings. The Morgan fingerprint density at radius 1 is 0.875 bits per heavy atom. The van der Waals surface area contributed by atoms with Crippen LogP contribution in [-0.4, -0.2) is 11.9 Å². The third-order valence-electron chi connectivity index (χ3n) is 6.65. The van der Waals surface area contributed by atoms with Gasteiger partial charge in [0.05, 0.1) is 0 Å². The summed E-state index contributed by atoms with van der Waals surface area (Å²) in [5, 5.41) is 4.80. The van der Waals surface area contributed by atoms with Crippen molar-refractivity contribution in [2.45, 2.75) is 51.0 Å². The van der Waals surface area contributed by atoms with Crippen LogP contribution in [0.2, 0.25) is 10.0 Å². The molecule has 0 radical (unpaired) electrons. The first kappa shape index (κ1) is 22.9. The van der Waals surface area contributed by atoms with Crippen molar-refractivity contribution in [3.63, 3.8) is 0 Å². The zero-order valence-corrected chi connectivity index (χ0v) is 19.9. The smallest absolute Gasteiger partial charge is 0.223 e. The molecule has 0 saturated carbocycles. The molecule has 0 saturated heterocycles. The molecule has 4 heteroatoms. The van der Waals surface area contributed by atoms with Gasteiger partial charge in [0.2, 0.25) is 5.91 Å². The molecule has 0 aromatic heterocycles. The molecule has 1 N–H and O–H groups in total. The maximum Gasteiger partial charge on any atom is 0.223 e. The average Bonchev–Trinajstić information content (AvgIpc) is 3.02. The molecule has 0 aliphatic heterocycles. The van der Waals surface area contributed by atoms with Crippen LogP contribution in [0, 0.1) is 5.92 Å². The van der Waals surface area contributed by atoms with Crippen molar-refractivity contribution in [2.24, 2.45) is 5.92 Å². The lowest BCUT2D eigenvalue weighted by molar-refractivity contribution is -0.126. The van der Waals surface area contributed by atoms with Crippen LogP contribution >= 0.6 is 23.2 Å². The second-order valence-electron chi connectivity index (χ2n) is 8.83. The van der Waals surface area contributed by atoms with Crippen LogP contribution in [0.5, 0.6) is 0 Å². The molecule has 32 heavy (non-hydrogen) atoms. The van der Waals surface area contributed by atoms with Crippen LogP contribution in [0.3, 0.4) is 0 Å². The van der Waals surface area contributed by atoms with Crippen molar-refractivity contribution in [3.8, 4) is 0 Å². The first-order valence-corrected chi connectivity index (χ1v) is 12.1. The third-order valence-corrected chi connectivity index (χ3v) is 7.16. The highest BCUT2D eigenvalue weighted by Crippen LogP contribution is 2.29. The molecule has 166 valence electrons. The summed E-state index contributed by atoms with van der Waals surface area (Å²) in [5.41, 5.74) is 5.14. The fourth-order valence-corrected chi connectivity index (χ4v) is 4.97. The topological polar surface area (TPSA) is 29.1 Å². The fourth-order valence-electron chi connectivity index (χ4n) is 4.72. The lowest BCUT2D eigenvalue weighted by Gasteiger charge is -2.27. The monoisotopic (exact) mass is 465 g/mol. The molecule has 3 aromatic carbocycles. The Balaban J connectivity index is 1.47. The number of nitrogens with one attached hydrogen (secondary N) is 1.